The van der Waals surface area contributed by atoms with Gasteiger partial charge in [0.05, 0.1) is 21.6 Å². The number of benzene rings is 2. The van der Waals surface area contributed by atoms with Crippen molar-refractivity contribution in [1.82, 2.24) is 24.1 Å². The molecule has 0 spiro atoms. The predicted molar refractivity (Wildman–Crippen MR) is 116 cm³/mol. The van der Waals surface area contributed by atoms with Gasteiger partial charge in [-0.3, -0.25) is 9.20 Å². The summed E-state index contributed by atoms with van der Waals surface area (Å²) in [5.41, 5.74) is 1.85. The van der Waals surface area contributed by atoms with Crippen molar-refractivity contribution in [1.29, 1.82) is 5.26 Å². The molecule has 32 heavy (non-hydrogen) atoms. The van der Waals surface area contributed by atoms with E-state index in [2.05, 4.69) is 21.2 Å². The number of imidazole rings is 1. The maximum Gasteiger partial charge on any atom is 0.279 e. The lowest BCUT2D eigenvalue weighted by Gasteiger charge is -2.17. The highest BCUT2D eigenvalue weighted by atomic mass is 35.5. The zero-order chi connectivity index (χ0) is 22.6. The molecule has 0 N–H and O–H groups in total. The Balaban J connectivity index is 1.80. The van der Waals surface area contributed by atoms with Gasteiger partial charge in [-0.15, -0.1) is 0 Å². The molecule has 5 rings (SSSR count). The highest BCUT2D eigenvalue weighted by molar-refractivity contribution is 6.32. The molecule has 0 radical (unpaired) electrons. The molecule has 0 aliphatic rings. The maximum absolute atomic E-state index is 13.6. The fourth-order valence-corrected chi connectivity index (χ4v) is 3.93. The number of rotatable bonds is 3. The van der Waals surface area contributed by atoms with E-state index in [1.54, 1.807) is 16.5 Å². The largest absolute Gasteiger partial charge is 0.332 e. The summed E-state index contributed by atoms with van der Waals surface area (Å²) in [5, 5.41) is 13.9. The van der Waals surface area contributed by atoms with Crippen LogP contribution in [0.2, 0.25) is 5.02 Å². The molecule has 0 saturated carbocycles. The quantitative estimate of drug-likeness (QED) is 0.399. The van der Waals surface area contributed by atoms with Crippen LogP contribution in [0.4, 0.5) is 4.39 Å². The molecule has 2 aromatic carbocycles. The van der Waals surface area contributed by atoms with Gasteiger partial charge in [0.1, 0.15) is 23.7 Å². The fourth-order valence-electron chi connectivity index (χ4n) is 3.74. The Morgan fingerprint density at radius 3 is 2.59 bits per heavy atom. The van der Waals surface area contributed by atoms with Crippen molar-refractivity contribution in [3.8, 4) is 29.0 Å². The van der Waals surface area contributed by atoms with E-state index in [4.69, 9.17) is 16.1 Å². The van der Waals surface area contributed by atoms with Crippen LogP contribution in [-0.2, 0) is 0 Å². The molecule has 0 atom stereocenters. The lowest BCUT2D eigenvalue weighted by atomic mass is 10.1. The molecule has 8 nitrogen and oxygen atoms in total. The molecule has 0 unspecified atom stereocenters. The molecule has 0 aliphatic heterocycles. The zero-order valence-electron chi connectivity index (χ0n) is 16.9. The van der Waals surface area contributed by atoms with Crippen LogP contribution in [0.5, 0.6) is 0 Å². The van der Waals surface area contributed by atoms with E-state index in [0.717, 1.165) is 0 Å². The standard InChI is InChI=1S/C22H14ClFN6O2/c1-11(2)30-18-14(9-25)15(23)7-8-16(18)29-10-26-17(19(29)22(30)31)21-27-20(28-32-21)12-3-5-13(24)6-4-12/h3-8,10-11H,1-2H3. The second-order valence-electron chi connectivity index (χ2n) is 7.41. The van der Waals surface area contributed by atoms with Crippen molar-refractivity contribution in [2.24, 2.45) is 0 Å². The van der Waals surface area contributed by atoms with E-state index >= 15 is 0 Å². The third-order valence-electron chi connectivity index (χ3n) is 5.15. The summed E-state index contributed by atoms with van der Waals surface area (Å²) in [4.78, 5) is 22.3. The highest BCUT2D eigenvalue weighted by Crippen LogP contribution is 2.30. The van der Waals surface area contributed by atoms with Crippen LogP contribution in [0.1, 0.15) is 25.5 Å². The molecule has 0 amide bonds. The number of hydrogen-bond donors (Lipinski definition) is 0. The van der Waals surface area contributed by atoms with Crippen LogP contribution in [-0.4, -0.2) is 24.1 Å². The minimum Gasteiger partial charge on any atom is -0.332 e. The molecule has 0 saturated heterocycles. The number of nitriles is 1. The second-order valence-corrected chi connectivity index (χ2v) is 7.82. The first-order valence-corrected chi connectivity index (χ1v) is 10.0. The molecular weight excluding hydrogens is 435 g/mol. The van der Waals surface area contributed by atoms with Crippen molar-refractivity contribution in [2.75, 3.05) is 0 Å². The van der Waals surface area contributed by atoms with Gasteiger partial charge < -0.3 is 9.09 Å². The Labute approximate surface area is 185 Å². The van der Waals surface area contributed by atoms with Crippen LogP contribution < -0.4 is 5.56 Å². The van der Waals surface area contributed by atoms with Crippen LogP contribution >= 0.6 is 11.6 Å². The summed E-state index contributed by atoms with van der Waals surface area (Å²) in [7, 11) is 0. The molecule has 10 heteroatoms. The normalized spacial score (nSPS) is 11.5. The van der Waals surface area contributed by atoms with Gasteiger partial charge in [0.15, 0.2) is 5.69 Å². The van der Waals surface area contributed by atoms with E-state index in [-0.39, 0.29) is 50.9 Å². The number of hydrogen-bond acceptors (Lipinski definition) is 6. The summed E-state index contributed by atoms with van der Waals surface area (Å²) in [6, 6.07) is 10.8. The Hall–Kier alpha value is -4.03. The third-order valence-corrected chi connectivity index (χ3v) is 5.47. The summed E-state index contributed by atoms with van der Waals surface area (Å²) >= 11 is 6.24. The third kappa shape index (κ3) is 2.88. The van der Waals surface area contributed by atoms with Gasteiger partial charge >= 0.3 is 0 Å². The van der Waals surface area contributed by atoms with Crippen molar-refractivity contribution < 1.29 is 8.91 Å². The van der Waals surface area contributed by atoms with Crippen LogP contribution in [0.25, 0.3) is 39.5 Å². The molecule has 0 aliphatic carbocycles. The smallest absolute Gasteiger partial charge is 0.279 e. The Kier molecular flexibility index (Phi) is 4.53. The Morgan fingerprint density at radius 2 is 1.91 bits per heavy atom. The molecule has 3 aromatic heterocycles. The van der Waals surface area contributed by atoms with Gasteiger partial charge in [0.2, 0.25) is 5.82 Å². The zero-order valence-corrected chi connectivity index (χ0v) is 17.6. The first kappa shape index (κ1) is 19.9. The van der Waals surface area contributed by atoms with E-state index in [0.29, 0.717) is 16.6 Å². The SMILES string of the molecule is CC(C)n1c(=O)c2c(-c3nc(-c4ccc(F)cc4)no3)ncn2c2ccc(Cl)c(C#N)c21. The van der Waals surface area contributed by atoms with Gasteiger partial charge in [-0.25, -0.2) is 9.37 Å². The minimum absolute atomic E-state index is 0.0491. The van der Waals surface area contributed by atoms with Crippen LogP contribution in [0.15, 0.2) is 52.0 Å². The predicted octanol–water partition coefficient (Wildman–Crippen LogP) is 4.61. The fraction of sp³-hybridized carbons (Fsp3) is 0.136. The lowest BCUT2D eigenvalue weighted by molar-refractivity contribution is 0.431. The summed E-state index contributed by atoms with van der Waals surface area (Å²) in [6.07, 6.45) is 1.47. The first-order chi connectivity index (χ1) is 15.4. The number of fused-ring (bicyclic) bond motifs is 3. The molecule has 0 bridgehead atoms. The molecule has 158 valence electrons. The summed E-state index contributed by atoms with van der Waals surface area (Å²) in [5.74, 6) is -0.0896. The van der Waals surface area contributed by atoms with E-state index in [9.17, 15) is 14.4 Å². The van der Waals surface area contributed by atoms with E-state index in [1.165, 1.54) is 35.2 Å². The summed E-state index contributed by atoms with van der Waals surface area (Å²) in [6.45, 7) is 3.68. The Morgan fingerprint density at radius 1 is 1.16 bits per heavy atom. The van der Waals surface area contributed by atoms with Crippen molar-refractivity contribution in [3.63, 3.8) is 0 Å². The number of aromatic nitrogens is 5. The molecule has 0 fully saturated rings. The van der Waals surface area contributed by atoms with Gasteiger partial charge in [0, 0.05) is 11.6 Å². The van der Waals surface area contributed by atoms with E-state index < -0.39 is 0 Å². The van der Waals surface area contributed by atoms with Crippen molar-refractivity contribution >= 4 is 28.2 Å². The highest BCUT2D eigenvalue weighted by Gasteiger charge is 2.24. The van der Waals surface area contributed by atoms with E-state index in [1.807, 2.05) is 13.8 Å². The van der Waals surface area contributed by atoms with Crippen molar-refractivity contribution in [2.45, 2.75) is 19.9 Å². The van der Waals surface area contributed by atoms with Gasteiger partial charge in [-0.05, 0) is 50.2 Å². The maximum atomic E-state index is 13.6. The molecular formula is C22H14ClFN6O2. The minimum atomic E-state index is -0.379. The topological polar surface area (TPSA) is 102 Å². The second kappa shape index (κ2) is 7.28. The number of halogens is 2. The Bertz CT molecular complexity index is 1610. The monoisotopic (exact) mass is 448 g/mol. The first-order valence-electron chi connectivity index (χ1n) is 9.64. The van der Waals surface area contributed by atoms with Gasteiger partial charge in [0.25, 0.3) is 11.4 Å². The van der Waals surface area contributed by atoms with Crippen LogP contribution in [0.3, 0.4) is 0 Å². The molecule has 5 aromatic rings. The average molecular weight is 449 g/mol. The number of nitrogens with zero attached hydrogens (tertiary/aromatic N) is 6. The van der Waals surface area contributed by atoms with Crippen LogP contribution in [0, 0.1) is 17.1 Å². The average Bonchev–Trinajstić information content (AvgIpc) is 3.42. The molecule has 3 heterocycles. The lowest BCUT2D eigenvalue weighted by Crippen LogP contribution is -2.25. The van der Waals surface area contributed by atoms with Crippen molar-refractivity contribution in [3.05, 3.63) is 69.5 Å². The van der Waals surface area contributed by atoms with Gasteiger partial charge in [-0.1, -0.05) is 16.8 Å². The summed E-state index contributed by atoms with van der Waals surface area (Å²) < 4.78 is 21.7. The van der Waals surface area contributed by atoms with Gasteiger partial charge in [-0.2, -0.15) is 10.2 Å².